The summed E-state index contributed by atoms with van der Waals surface area (Å²) < 4.78 is 5.62. The van der Waals surface area contributed by atoms with Crippen molar-refractivity contribution in [2.75, 3.05) is 23.9 Å². The zero-order chi connectivity index (χ0) is 18.7. The van der Waals surface area contributed by atoms with E-state index in [2.05, 4.69) is 11.9 Å². The molecule has 1 aliphatic rings. The zero-order valence-electron chi connectivity index (χ0n) is 14.4. The van der Waals surface area contributed by atoms with Crippen LogP contribution < -0.4 is 15.0 Å². The number of aliphatic hydroxyl groups excluding tert-OH is 1. The van der Waals surface area contributed by atoms with Crippen LogP contribution >= 0.6 is 0 Å². The first kappa shape index (κ1) is 17.7. The number of hydrogen-bond acceptors (Lipinski definition) is 4. The van der Waals surface area contributed by atoms with Gasteiger partial charge in [0.25, 0.3) is 5.91 Å². The first-order valence-corrected chi connectivity index (χ1v) is 8.26. The molecule has 0 saturated carbocycles. The van der Waals surface area contributed by atoms with Gasteiger partial charge in [-0.3, -0.25) is 9.59 Å². The topological polar surface area (TPSA) is 78.9 Å². The Morgan fingerprint density at radius 1 is 1.27 bits per heavy atom. The van der Waals surface area contributed by atoms with Gasteiger partial charge in [-0.1, -0.05) is 18.7 Å². The Morgan fingerprint density at radius 3 is 2.69 bits per heavy atom. The minimum atomic E-state index is -0.590. The Hall–Kier alpha value is -3.12. The summed E-state index contributed by atoms with van der Waals surface area (Å²) in [4.78, 5) is 25.6. The van der Waals surface area contributed by atoms with E-state index in [1.807, 2.05) is 0 Å². The van der Waals surface area contributed by atoms with Crippen LogP contribution in [0.15, 0.2) is 55.1 Å². The molecule has 1 aliphatic heterocycles. The molecule has 0 aliphatic carbocycles. The molecule has 2 aromatic carbocycles. The average Bonchev–Trinajstić information content (AvgIpc) is 2.67. The number of hydrogen-bond donors (Lipinski definition) is 2. The SMILES string of the molecule is C=CC(=O)N(C)c1ccc(C(=O)Nc2cccc3c2OCCC3O)cc1. The molecule has 1 heterocycles. The van der Waals surface area contributed by atoms with E-state index >= 15 is 0 Å². The highest BCUT2D eigenvalue weighted by atomic mass is 16.5. The van der Waals surface area contributed by atoms with E-state index in [-0.39, 0.29) is 11.8 Å². The fourth-order valence-corrected chi connectivity index (χ4v) is 2.80. The summed E-state index contributed by atoms with van der Waals surface area (Å²) in [6.07, 6.45) is 1.17. The van der Waals surface area contributed by atoms with Crippen LogP contribution in [0, 0.1) is 0 Å². The number of amides is 2. The lowest BCUT2D eigenvalue weighted by Gasteiger charge is -2.24. The zero-order valence-corrected chi connectivity index (χ0v) is 14.4. The highest BCUT2D eigenvalue weighted by molar-refractivity contribution is 6.06. The van der Waals surface area contributed by atoms with E-state index in [1.165, 1.54) is 11.0 Å². The van der Waals surface area contributed by atoms with Crippen molar-refractivity contribution in [3.8, 4) is 5.75 Å². The lowest BCUT2D eigenvalue weighted by molar-refractivity contribution is -0.113. The molecule has 0 bridgehead atoms. The van der Waals surface area contributed by atoms with Crippen LogP contribution in [0.3, 0.4) is 0 Å². The van der Waals surface area contributed by atoms with Crippen molar-refractivity contribution in [2.24, 2.45) is 0 Å². The normalized spacial score (nSPS) is 15.4. The number of nitrogens with one attached hydrogen (secondary N) is 1. The van der Waals surface area contributed by atoms with Crippen molar-refractivity contribution < 1.29 is 19.4 Å². The van der Waals surface area contributed by atoms with Crippen LogP contribution in [0.25, 0.3) is 0 Å². The smallest absolute Gasteiger partial charge is 0.255 e. The van der Waals surface area contributed by atoms with Gasteiger partial charge in [-0.15, -0.1) is 0 Å². The third-order valence-corrected chi connectivity index (χ3v) is 4.31. The molecule has 1 atom stereocenters. The van der Waals surface area contributed by atoms with Crippen molar-refractivity contribution >= 4 is 23.2 Å². The van der Waals surface area contributed by atoms with Crippen LogP contribution in [0.2, 0.25) is 0 Å². The van der Waals surface area contributed by atoms with Crippen molar-refractivity contribution in [3.63, 3.8) is 0 Å². The summed E-state index contributed by atoms with van der Waals surface area (Å²) in [6, 6.07) is 12.0. The van der Waals surface area contributed by atoms with Gasteiger partial charge in [0.1, 0.15) is 5.75 Å². The van der Waals surface area contributed by atoms with Crippen LogP contribution in [-0.4, -0.2) is 30.6 Å². The number of carbonyl (C=O) groups is 2. The Kier molecular flexibility index (Phi) is 5.04. The molecule has 1 unspecified atom stereocenters. The third kappa shape index (κ3) is 3.45. The lowest BCUT2D eigenvalue weighted by Crippen LogP contribution is -2.23. The van der Waals surface area contributed by atoms with Gasteiger partial charge in [-0.25, -0.2) is 0 Å². The van der Waals surface area contributed by atoms with Gasteiger partial charge >= 0.3 is 0 Å². The van der Waals surface area contributed by atoms with Crippen molar-refractivity contribution in [3.05, 3.63) is 66.2 Å². The minimum absolute atomic E-state index is 0.228. The molecule has 0 saturated heterocycles. The maximum Gasteiger partial charge on any atom is 0.255 e. The van der Waals surface area contributed by atoms with Crippen LogP contribution in [0.5, 0.6) is 5.75 Å². The number of fused-ring (bicyclic) bond motifs is 1. The summed E-state index contributed by atoms with van der Waals surface area (Å²) in [5.74, 6) is -0.0207. The van der Waals surface area contributed by atoms with Gasteiger partial charge in [0.05, 0.1) is 18.4 Å². The summed E-state index contributed by atoms with van der Waals surface area (Å²) in [5.41, 5.74) is 2.31. The van der Waals surface area contributed by atoms with Crippen LogP contribution in [0.1, 0.15) is 28.4 Å². The van der Waals surface area contributed by atoms with E-state index in [4.69, 9.17) is 4.74 Å². The minimum Gasteiger partial charge on any atom is -0.491 e. The summed E-state index contributed by atoms with van der Waals surface area (Å²) in [7, 11) is 1.64. The number of nitrogens with zero attached hydrogens (tertiary/aromatic N) is 1. The lowest BCUT2D eigenvalue weighted by atomic mass is 10.0. The quantitative estimate of drug-likeness (QED) is 0.830. The molecule has 0 fully saturated rings. The Balaban J connectivity index is 1.78. The Morgan fingerprint density at radius 2 is 2.00 bits per heavy atom. The van der Waals surface area contributed by atoms with Crippen LogP contribution in [-0.2, 0) is 4.79 Å². The number of rotatable bonds is 4. The predicted octanol–water partition coefficient (Wildman–Crippen LogP) is 2.90. The number of benzene rings is 2. The second-order valence-corrected chi connectivity index (χ2v) is 5.98. The first-order chi connectivity index (χ1) is 12.5. The third-order valence-electron chi connectivity index (χ3n) is 4.31. The van der Waals surface area contributed by atoms with Gasteiger partial charge < -0.3 is 20.1 Å². The molecule has 134 valence electrons. The van der Waals surface area contributed by atoms with Gasteiger partial charge in [0.2, 0.25) is 5.91 Å². The number of ether oxygens (including phenoxy) is 1. The molecule has 0 spiro atoms. The molecule has 0 aromatic heterocycles. The summed E-state index contributed by atoms with van der Waals surface area (Å²) in [6.45, 7) is 3.86. The molecule has 6 nitrogen and oxygen atoms in total. The predicted molar refractivity (Wildman–Crippen MR) is 99.5 cm³/mol. The second-order valence-electron chi connectivity index (χ2n) is 5.98. The molecule has 0 radical (unpaired) electrons. The molecular formula is C20H20N2O4. The highest BCUT2D eigenvalue weighted by Gasteiger charge is 2.22. The largest absolute Gasteiger partial charge is 0.491 e. The van der Waals surface area contributed by atoms with Gasteiger partial charge in [-0.2, -0.15) is 0 Å². The molecule has 2 amide bonds. The van der Waals surface area contributed by atoms with Crippen molar-refractivity contribution in [1.82, 2.24) is 0 Å². The van der Waals surface area contributed by atoms with E-state index in [0.717, 1.165) is 0 Å². The van der Waals surface area contributed by atoms with E-state index in [0.29, 0.717) is 41.3 Å². The highest BCUT2D eigenvalue weighted by Crippen LogP contribution is 2.38. The number of anilines is 2. The molecule has 6 heteroatoms. The summed E-state index contributed by atoms with van der Waals surface area (Å²) in [5, 5.41) is 12.9. The van der Waals surface area contributed by atoms with Gasteiger partial charge in [0, 0.05) is 30.3 Å². The second kappa shape index (κ2) is 7.41. The first-order valence-electron chi connectivity index (χ1n) is 8.26. The molecule has 2 N–H and O–H groups in total. The fourth-order valence-electron chi connectivity index (χ4n) is 2.80. The van der Waals surface area contributed by atoms with Gasteiger partial charge in [-0.05, 0) is 36.4 Å². The van der Waals surface area contributed by atoms with Crippen molar-refractivity contribution in [2.45, 2.75) is 12.5 Å². The van der Waals surface area contributed by atoms with Crippen LogP contribution in [0.4, 0.5) is 11.4 Å². The monoisotopic (exact) mass is 352 g/mol. The molecule has 2 aromatic rings. The molecule has 26 heavy (non-hydrogen) atoms. The number of carbonyl (C=O) groups excluding carboxylic acids is 2. The Bertz CT molecular complexity index is 845. The molecule has 3 rings (SSSR count). The maximum atomic E-state index is 12.5. The average molecular weight is 352 g/mol. The van der Waals surface area contributed by atoms with E-state index in [9.17, 15) is 14.7 Å². The number of aliphatic hydroxyl groups is 1. The van der Waals surface area contributed by atoms with Gasteiger partial charge in [0.15, 0.2) is 0 Å². The van der Waals surface area contributed by atoms with E-state index in [1.54, 1.807) is 49.5 Å². The maximum absolute atomic E-state index is 12.5. The van der Waals surface area contributed by atoms with Crippen molar-refractivity contribution in [1.29, 1.82) is 0 Å². The standard InChI is InChI=1S/C20H20N2O4/c1-3-18(24)22(2)14-9-7-13(8-10-14)20(25)21-16-6-4-5-15-17(23)11-12-26-19(15)16/h3-10,17,23H,1,11-12H2,2H3,(H,21,25). The number of para-hydroxylation sites is 1. The summed E-state index contributed by atoms with van der Waals surface area (Å²) >= 11 is 0. The van der Waals surface area contributed by atoms with E-state index < -0.39 is 6.10 Å². The molecular weight excluding hydrogens is 332 g/mol. The number of likely N-dealkylation sites (N-methyl/N-ethyl adjacent to an activating group) is 1. The fraction of sp³-hybridized carbons (Fsp3) is 0.200. The Labute approximate surface area is 151 Å².